The molecule has 0 bridgehead atoms. The van der Waals surface area contributed by atoms with Crippen LogP contribution in [-0.4, -0.2) is 0 Å². The van der Waals surface area contributed by atoms with Gasteiger partial charge in [-0.1, -0.05) is 133 Å². The maximum absolute atomic E-state index is 6.68. The number of anilines is 3. The van der Waals surface area contributed by atoms with E-state index < -0.39 is 0 Å². The normalized spacial score (nSPS) is 11.5. The summed E-state index contributed by atoms with van der Waals surface area (Å²) in [6.07, 6.45) is 0. The van der Waals surface area contributed by atoms with Crippen molar-refractivity contribution in [1.82, 2.24) is 0 Å². The summed E-state index contributed by atoms with van der Waals surface area (Å²) in [6.45, 7) is 0. The van der Waals surface area contributed by atoms with Crippen LogP contribution in [0.25, 0.3) is 65.7 Å². The van der Waals surface area contributed by atoms with Crippen LogP contribution in [0.1, 0.15) is 0 Å². The predicted molar refractivity (Wildman–Crippen MR) is 194 cm³/mol. The molecule has 0 N–H and O–H groups in total. The van der Waals surface area contributed by atoms with Crippen molar-refractivity contribution in [3.8, 4) is 22.3 Å². The van der Waals surface area contributed by atoms with Crippen molar-refractivity contribution in [3.05, 3.63) is 176 Å². The topological polar surface area (TPSA) is 16.4 Å². The van der Waals surface area contributed by atoms with Crippen LogP contribution in [0.5, 0.6) is 0 Å². The summed E-state index contributed by atoms with van der Waals surface area (Å²) in [5.41, 5.74) is 9.63. The molecule has 46 heavy (non-hydrogen) atoms. The fourth-order valence-electron chi connectivity index (χ4n) is 6.83. The highest BCUT2D eigenvalue weighted by Crippen LogP contribution is 2.46. The average molecular weight is 588 g/mol. The molecule has 8 aromatic carbocycles. The summed E-state index contributed by atoms with van der Waals surface area (Å²) in [4.78, 5) is 2.38. The molecule has 9 aromatic rings. The van der Waals surface area contributed by atoms with Crippen LogP contribution in [0.3, 0.4) is 0 Å². The molecular weight excluding hydrogens is 558 g/mol. The lowest BCUT2D eigenvalue weighted by Crippen LogP contribution is -2.10. The number of nitrogens with zero attached hydrogens (tertiary/aromatic N) is 1. The zero-order valence-electron chi connectivity index (χ0n) is 25.1. The van der Waals surface area contributed by atoms with Crippen molar-refractivity contribution in [2.75, 3.05) is 4.90 Å². The van der Waals surface area contributed by atoms with Gasteiger partial charge in [-0.15, -0.1) is 0 Å². The number of furan rings is 1. The maximum Gasteiger partial charge on any atom is 0.145 e. The molecule has 0 aliphatic carbocycles. The number of hydrogen-bond donors (Lipinski definition) is 0. The summed E-state index contributed by atoms with van der Waals surface area (Å²) >= 11 is 0. The predicted octanol–water partition coefficient (Wildman–Crippen LogP) is 12.7. The Balaban J connectivity index is 1.33. The minimum atomic E-state index is 0.881. The standard InChI is InChI=1S/C44H29NO/c1-3-11-30(12-4-1)31-21-24-35(25-22-31)45(36-26-23-34-20-19-33-15-7-8-16-37(33)40(34)29-36)41-28-27-38(32-13-5-2-6-14-32)44-43(41)39-17-9-10-18-42(39)46-44/h1-29H. The molecule has 0 saturated heterocycles. The largest absolute Gasteiger partial charge is 0.455 e. The average Bonchev–Trinajstić information content (AvgIpc) is 3.53. The lowest BCUT2D eigenvalue weighted by molar-refractivity contribution is 0.670. The lowest BCUT2D eigenvalue weighted by Gasteiger charge is -2.27. The first-order chi connectivity index (χ1) is 22.8. The van der Waals surface area contributed by atoms with Gasteiger partial charge >= 0.3 is 0 Å². The smallest absolute Gasteiger partial charge is 0.145 e. The Morgan fingerprint density at radius 3 is 1.76 bits per heavy atom. The maximum atomic E-state index is 6.68. The van der Waals surface area contributed by atoms with Crippen LogP contribution in [0.15, 0.2) is 180 Å². The Morgan fingerprint density at radius 1 is 0.391 bits per heavy atom. The number of benzene rings is 8. The molecule has 0 radical (unpaired) electrons. The third-order valence-electron chi connectivity index (χ3n) is 9.05. The van der Waals surface area contributed by atoms with Gasteiger partial charge in [-0.25, -0.2) is 0 Å². The molecule has 0 aliphatic heterocycles. The monoisotopic (exact) mass is 587 g/mol. The van der Waals surface area contributed by atoms with Crippen LogP contribution in [0.4, 0.5) is 17.1 Å². The molecule has 216 valence electrons. The second-order valence-corrected chi connectivity index (χ2v) is 11.7. The molecule has 0 aliphatic rings. The molecule has 9 rings (SSSR count). The van der Waals surface area contributed by atoms with Crippen LogP contribution >= 0.6 is 0 Å². The highest BCUT2D eigenvalue weighted by atomic mass is 16.3. The van der Waals surface area contributed by atoms with Crippen LogP contribution in [0.2, 0.25) is 0 Å². The zero-order chi connectivity index (χ0) is 30.5. The van der Waals surface area contributed by atoms with E-state index in [9.17, 15) is 0 Å². The van der Waals surface area contributed by atoms with Gasteiger partial charge in [0, 0.05) is 22.3 Å². The lowest BCUT2D eigenvalue weighted by atomic mass is 9.98. The minimum absolute atomic E-state index is 0.881. The van der Waals surface area contributed by atoms with E-state index in [-0.39, 0.29) is 0 Å². The van der Waals surface area contributed by atoms with Crippen molar-refractivity contribution >= 4 is 60.5 Å². The fraction of sp³-hybridized carbons (Fsp3) is 0. The molecule has 2 nitrogen and oxygen atoms in total. The number of fused-ring (bicyclic) bond motifs is 6. The van der Waals surface area contributed by atoms with E-state index >= 15 is 0 Å². The van der Waals surface area contributed by atoms with Crippen LogP contribution in [-0.2, 0) is 0 Å². The molecule has 1 aromatic heterocycles. The van der Waals surface area contributed by atoms with E-state index in [0.29, 0.717) is 0 Å². The van der Waals surface area contributed by atoms with Crippen molar-refractivity contribution in [2.24, 2.45) is 0 Å². The van der Waals surface area contributed by atoms with Crippen LogP contribution < -0.4 is 4.90 Å². The molecule has 0 fully saturated rings. The Bertz CT molecular complexity index is 2510. The number of rotatable bonds is 5. The van der Waals surface area contributed by atoms with Gasteiger partial charge in [0.15, 0.2) is 0 Å². The van der Waals surface area contributed by atoms with Gasteiger partial charge < -0.3 is 9.32 Å². The zero-order valence-corrected chi connectivity index (χ0v) is 25.1. The number of hydrogen-bond acceptors (Lipinski definition) is 2. The quantitative estimate of drug-likeness (QED) is 0.186. The van der Waals surface area contributed by atoms with E-state index in [4.69, 9.17) is 4.42 Å². The van der Waals surface area contributed by atoms with Crippen molar-refractivity contribution in [3.63, 3.8) is 0 Å². The minimum Gasteiger partial charge on any atom is -0.455 e. The van der Waals surface area contributed by atoms with Gasteiger partial charge in [0.2, 0.25) is 0 Å². The Kier molecular flexibility index (Phi) is 6.17. The SMILES string of the molecule is c1ccc(-c2ccc(N(c3ccc4ccc5ccccc5c4c3)c3ccc(-c4ccccc4)c4oc5ccccc5c34)cc2)cc1. The molecular formula is C44H29NO. The van der Waals surface area contributed by atoms with Gasteiger partial charge in [-0.3, -0.25) is 0 Å². The van der Waals surface area contributed by atoms with E-state index in [0.717, 1.165) is 50.1 Å². The van der Waals surface area contributed by atoms with Crippen molar-refractivity contribution < 1.29 is 4.42 Å². The Labute approximate surface area is 267 Å². The highest BCUT2D eigenvalue weighted by molar-refractivity contribution is 6.17. The first kappa shape index (κ1) is 26.3. The molecule has 2 heteroatoms. The van der Waals surface area contributed by atoms with Gasteiger partial charge in [-0.05, 0) is 80.7 Å². The highest BCUT2D eigenvalue weighted by Gasteiger charge is 2.22. The van der Waals surface area contributed by atoms with Gasteiger partial charge in [0.05, 0.1) is 11.1 Å². The Morgan fingerprint density at radius 2 is 0.978 bits per heavy atom. The third-order valence-corrected chi connectivity index (χ3v) is 9.05. The fourth-order valence-corrected chi connectivity index (χ4v) is 6.83. The third kappa shape index (κ3) is 4.35. The summed E-state index contributed by atoms with van der Waals surface area (Å²) in [6, 6.07) is 62.7. The van der Waals surface area contributed by atoms with E-state index in [1.807, 2.05) is 6.07 Å². The summed E-state index contributed by atoms with van der Waals surface area (Å²) in [5.74, 6) is 0. The van der Waals surface area contributed by atoms with Gasteiger partial charge in [0.1, 0.15) is 11.2 Å². The molecule has 0 spiro atoms. The van der Waals surface area contributed by atoms with E-state index in [1.54, 1.807) is 0 Å². The molecule has 0 saturated carbocycles. The van der Waals surface area contributed by atoms with Gasteiger partial charge in [-0.2, -0.15) is 0 Å². The molecule has 0 unspecified atom stereocenters. The molecule has 0 atom stereocenters. The first-order valence-corrected chi connectivity index (χ1v) is 15.7. The van der Waals surface area contributed by atoms with Crippen molar-refractivity contribution in [1.29, 1.82) is 0 Å². The summed E-state index contributed by atoms with van der Waals surface area (Å²) < 4.78 is 6.68. The van der Waals surface area contributed by atoms with E-state index in [2.05, 4.69) is 175 Å². The second-order valence-electron chi connectivity index (χ2n) is 11.7. The second kappa shape index (κ2) is 10.8. The van der Waals surface area contributed by atoms with Crippen molar-refractivity contribution in [2.45, 2.75) is 0 Å². The van der Waals surface area contributed by atoms with E-state index in [1.165, 1.54) is 32.7 Å². The van der Waals surface area contributed by atoms with Gasteiger partial charge in [0.25, 0.3) is 0 Å². The Hall–Kier alpha value is -6.12. The molecule has 0 amide bonds. The number of para-hydroxylation sites is 1. The molecule has 1 heterocycles. The van der Waals surface area contributed by atoms with Crippen LogP contribution in [0, 0.1) is 0 Å². The summed E-state index contributed by atoms with van der Waals surface area (Å²) in [7, 11) is 0. The summed E-state index contributed by atoms with van der Waals surface area (Å²) in [5, 5.41) is 7.14. The first-order valence-electron chi connectivity index (χ1n) is 15.7.